The molecule has 1 fully saturated rings. The summed E-state index contributed by atoms with van der Waals surface area (Å²) in [5, 5.41) is 0. The zero-order valence-electron chi connectivity index (χ0n) is 12.4. The standard InChI is InChI=1S/C18H17NO3/c1-22-18(21)16-11-12-19(16)17(20)15-9-7-14(8-10-15)13-5-3-2-4-6-13/h2-10,16H,11-12H2,1H3. The van der Waals surface area contributed by atoms with E-state index in [0.29, 0.717) is 18.5 Å². The monoisotopic (exact) mass is 295 g/mol. The van der Waals surface area contributed by atoms with Crippen molar-refractivity contribution in [2.45, 2.75) is 12.5 Å². The second-order valence-corrected chi connectivity index (χ2v) is 5.27. The second-order valence-electron chi connectivity index (χ2n) is 5.27. The third kappa shape index (κ3) is 2.60. The molecule has 22 heavy (non-hydrogen) atoms. The van der Waals surface area contributed by atoms with Crippen LogP contribution in [0.3, 0.4) is 0 Å². The SMILES string of the molecule is COC(=O)C1CCN1C(=O)c1ccc(-c2ccccc2)cc1. The zero-order valence-corrected chi connectivity index (χ0v) is 12.4. The molecule has 0 N–H and O–H groups in total. The summed E-state index contributed by atoms with van der Waals surface area (Å²) in [7, 11) is 1.35. The maximum Gasteiger partial charge on any atom is 0.328 e. The van der Waals surface area contributed by atoms with E-state index in [2.05, 4.69) is 0 Å². The molecule has 0 saturated carbocycles. The fourth-order valence-corrected chi connectivity index (χ4v) is 2.61. The molecule has 0 aromatic heterocycles. The molecule has 1 aliphatic rings. The average molecular weight is 295 g/mol. The summed E-state index contributed by atoms with van der Waals surface area (Å²) in [6.07, 6.45) is 0.667. The highest BCUT2D eigenvalue weighted by Crippen LogP contribution is 2.24. The maximum atomic E-state index is 12.4. The van der Waals surface area contributed by atoms with Crippen molar-refractivity contribution < 1.29 is 14.3 Å². The van der Waals surface area contributed by atoms with E-state index in [9.17, 15) is 9.59 Å². The lowest BCUT2D eigenvalue weighted by atomic mass is 9.99. The lowest BCUT2D eigenvalue weighted by Crippen LogP contribution is -2.55. The highest BCUT2D eigenvalue weighted by atomic mass is 16.5. The fourth-order valence-electron chi connectivity index (χ4n) is 2.61. The van der Waals surface area contributed by atoms with E-state index in [1.807, 2.05) is 42.5 Å². The van der Waals surface area contributed by atoms with Crippen molar-refractivity contribution >= 4 is 11.9 Å². The molecule has 1 atom stereocenters. The molecule has 1 amide bonds. The minimum Gasteiger partial charge on any atom is -0.467 e. The average Bonchev–Trinajstić information content (AvgIpc) is 2.54. The molecule has 1 unspecified atom stereocenters. The summed E-state index contributed by atoms with van der Waals surface area (Å²) >= 11 is 0. The van der Waals surface area contributed by atoms with Gasteiger partial charge in [0.15, 0.2) is 0 Å². The number of benzene rings is 2. The van der Waals surface area contributed by atoms with Gasteiger partial charge < -0.3 is 9.64 Å². The predicted octanol–water partition coefficient (Wildman–Crippen LogP) is 2.74. The van der Waals surface area contributed by atoms with Gasteiger partial charge in [-0.1, -0.05) is 42.5 Å². The summed E-state index contributed by atoms with van der Waals surface area (Å²) in [6, 6.07) is 17.0. The Labute approximate surface area is 129 Å². The predicted molar refractivity (Wildman–Crippen MR) is 83.3 cm³/mol. The van der Waals surface area contributed by atoms with E-state index in [1.165, 1.54) is 7.11 Å². The van der Waals surface area contributed by atoms with Crippen LogP contribution < -0.4 is 0 Å². The lowest BCUT2D eigenvalue weighted by molar-refractivity contribution is -0.149. The van der Waals surface area contributed by atoms with Crippen molar-refractivity contribution in [2.24, 2.45) is 0 Å². The molecular weight excluding hydrogens is 278 g/mol. The first-order valence-corrected chi connectivity index (χ1v) is 7.25. The number of nitrogens with zero attached hydrogens (tertiary/aromatic N) is 1. The summed E-state index contributed by atoms with van der Waals surface area (Å²) in [6.45, 7) is 0.596. The maximum absolute atomic E-state index is 12.4. The Hall–Kier alpha value is -2.62. The van der Waals surface area contributed by atoms with E-state index in [-0.39, 0.29) is 11.9 Å². The van der Waals surface area contributed by atoms with Crippen molar-refractivity contribution in [3.05, 3.63) is 60.2 Å². The second kappa shape index (κ2) is 6.02. The molecule has 112 valence electrons. The van der Waals surface area contributed by atoms with Gasteiger partial charge in [-0.3, -0.25) is 4.79 Å². The summed E-state index contributed by atoms with van der Waals surface area (Å²) in [4.78, 5) is 25.5. The number of hydrogen-bond acceptors (Lipinski definition) is 3. The van der Waals surface area contributed by atoms with E-state index in [0.717, 1.165) is 11.1 Å². The largest absolute Gasteiger partial charge is 0.467 e. The van der Waals surface area contributed by atoms with Crippen LogP contribution >= 0.6 is 0 Å². The lowest BCUT2D eigenvalue weighted by Gasteiger charge is -2.38. The number of carbonyl (C=O) groups excluding carboxylic acids is 2. The number of rotatable bonds is 3. The number of likely N-dealkylation sites (tertiary alicyclic amines) is 1. The van der Waals surface area contributed by atoms with Crippen molar-refractivity contribution in [3.63, 3.8) is 0 Å². The molecule has 1 heterocycles. The first-order valence-electron chi connectivity index (χ1n) is 7.25. The van der Waals surface area contributed by atoms with Crippen LogP contribution in [0.25, 0.3) is 11.1 Å². The number of carbonyl (C=O) groups is 2. The smallest absolute Gasteiger partial charge is 0.328 e. The van der Waals surface area contributed by atoms with E-state index >= 15 is 0 Å². The van der Waals surface area contributed by atoms with Crippen molar-refractivity contribution in [1.82, 2.24) is 4.90 Å². The quantitative estimate of drug-likeness (QED) is 0.818. The van der Waals surface area contributed by atoms with Crippen LogP contribution in [0, 0.1) is 0 Å². The molecule has 0 bridgehead atoms. The summed E-state index contributed by atoms with van der Waals surface area (Å²) in [5.41, 5.74) is 2.76. The van der Waals surface area contributed by atoms with Gasteiger partial charge in [0.05, 0.1) is 7.11 Å². The van der Waals surface area contributed by atoms with Crippen molar-refractivity contribution in [1.29, 1.82) is 0 Å². The van der Waals surface area contributed by atoms with Crippen LogP contribution in [0.4, 0.5) is 0 Å². The molecule has 0 radical (unpaired) electrons. The van der Waals surface area contributed by atoms with Gasteiger partial charge >= 0.3 is 5.97 Å². The Morgan fingerprint density at radius 3 is 2.18 bits per heavy atom. The Morgan fingerprint density at radius 1 is 1.00 bits per heavy atom. The summed E-state index contributed by atoms with van der Waals surface area (Å²) in [5.74, 6) is -0.471. The first-order chi connectivity index (χ1) is 10.7. The molecule has 4 heteroatoms. The van der Waals surface area contributed by atoms with Gasteiger partial charge in [-0.2, -0.15) is 0 Å². The van der Waals surface area contributed by atoms with E-state index in [1.54, 1.807) is 17.0 Å². The van der Waals surface area contributed by atoms with Gasteiger partial charge in [0, 0.05) is 12.1 Å². The van der Waals surface area contributed by atoms with Crippen LogP contribution in [0.15, 0.2) is 54.6 Å². The Bertz CT molecular complexity index is 679. The number of ether oxygens (including phenoxy) is 1. The number of esters is 1. The van der Waals surface area contributed by atoms with E-state index < -0.39 is 6.04 Å². The fraction of sp³-hybridized carbons (Fsp3) is 0.222. The number of amides is 1. The molecule has 0 spiro atoms. The molecule has 1 aliphatic heterocycles. The third-order valence-corrected chi connectivity index (χ3v) is 3.99. The molecule has 2 aromatic rings. The normalized spacial score (nSPS) is 16.8. The van der Waals surface area contributed by atoms with Gasteiger partial charge in [0.25, 0.3) is 5.91 Å². The highest BCUT2D eigenvalue weighted by Gasteiger charge is 2.38. The molecule has 3 rings (SSSR count). The van der Waals surface area contributed by atoms with Gasteiger partial charge in [-0.25, -0.2) is 4.79 Å². The van der Waals surface area contributed by atoms with Gasteiger partial charge in [-0.15, -0.1) is 0 Å². The van der Waals surface area contributed by atoms with Crippen LogP contribution in [0.2, 0.25) is 0 Å². The van der Waals surface area contributed by atoms with Gasteiger partial charge in [0.1, 0.15) is 6.04 Å². The van der Waals surface area contributed by atoms with Crippen LogP contribution in [-0.2, 0) is 9.53 Å². The topological polar surface area (TPSA) is 46.6 Å². The molecule has 0 aliphatic carbocycles. The zero-order chi connectivity index (χ0) is 15.5. The Kier molecular flexibility index (Phi) is 3.92. The van der Waals surface area contributed by atoms with Gasteiger partial charge in [0.2, 0.25) is 0 Å². The molecular formula is C18H17NO3. The Balaban J connectivity index is 1.76. The number of hydrogen-bond donors (Lipinski definition) is 0. The van der Waals surface area contributed by atoms with E-state index in [4.69, 9.17) is 4.74 Å². The van der Waals surface area contributed by atoms with Gasteiger partial charge in [-0.05, 0) is 29.7 Å². The van der Waals surface area contributed by atoms with Crippen LogP contribution in [0.5, 0.6) is 0 Å². The third-order valence-electron chi connectivity index (χ3n) is 3.99. The number of methoxy groups -OCH3 is 1. The molecule has 2 aromatic carbocycles. The van der Waals surface area contributed by atoms with Crippen LogP contribution in [0.1, 0.15) is 16.8 Å². The van der Waals surface area contributed by atoms with Crippen LogP contribution in [-0.4, -0.2) is 36.5 Å². The first kappa shape index (κ1) is 14.3. The molecule has 1 saturated heterocycles. The highest BCUT2D eigenvalue weighted by molar-refractivity contribution is 5.98. The minimum atomic E-state index is -0.439. The van der Waals surface area contributed by atoms with Crippen molar-refractivity contribution in [2.75, 3.05) is 13.7 Å². The van der Waals surface area contributed by atoms with Crippen molar-refractivity contribution in [3.8, 4) is 11.1 Å². The minimum absolute atomic E-state index is 0.124. The molecule has 4 nitrogen and oxygen atoms in total. The summed E-state index contributed by atoms with van der Waals surface area (Å²) < 4.78 is 4.71. The Morgan fingerprint density at radius 2 is 1.64 bits per heavy atom.